The SMILES string of the molecule is COc1ccc(N=Nc2c(-c3ccccc3)n(-c3ccc(OC)cc3)[nH+]cc2=Nc2ccc(OC)cc2OC)cc1. The number of azo groups is 1. The molecule has 1 aromatic heterocycles. The van der Waals surface area contributed by atoms with Crippen molar-refractivity contribution in [1.29, 1.82) is 0 Å². The number of aromatic nitrogens is 2. The van der Waals surface area contributed by atoms with Gasteiger partial charge >= 0.3 is 0 Å². The lowest BCUT2D eigenvalue weighted by Crippen LogP contribution is -2.28. The van der Waals surface area contributed by atoms with Crippen LogP contribution in [0.3, 0.4) is 0 Å². The molecule has 0 fully saturated rings. The molecule has 41 heavy (non-hydrogen) atoms. The van der Waals surface area contributed by atoms with Gasteiger partial charge in [0, 0.05) is 11.6 Å². The second-order valence-electron chi connectivity index (χ2n) is 8.80. The average molecular weight is 549 g/mol. The number of hydrogen-bond donors (Lipinski definition) is 0. The Bertz CT molecular complexity index is 1720. The Morgan fingerprint density at radius 1 is 0.634 bits per heavy atom. The van der Waals surface area contributed by atoms with Crippen molar-refractivity contribution >= 4 is 17.1 Å². The minimum atomic E-state index is 0.555. The maximum atomic E-state index is 5.61. The predicted octanol–water partition coefficient (Wildman–Crippen LogP) is 6.64. The lowest BCUT2D eigenvalue weighted by atomic mass is 10.1. The van der Waals surface area contributed by atoms with Gasteiger partial charge in [0.05, 0.1) is 34.1 Å². The van der Waals surface area contributed by atoms with Crippen LogP contribution >= 0.6 is 0 Å². The van der Waals surface area contributed by atoms with Gasteiger partial charge in [-0.15, -0.1) is 14.9 Å². The first kappa shape index (κ1) is 27.1. The smallest absolute Gasteiger partial charge is 0.219 e. The molecule has 0 spiro atoms. The number of rotatable bonds is 9. The van der Waals surface area contributed by atoms with Crippen LogP contribution in [0.4, 0.5) is 17.1 Å². The molecular formula is C32H30N5O4+. The van der Waals surface area contributed by atoms with Crippen molar-refractivity contribution in [2.24, 2.45) is 15.2 Å². The molecule has 0 bridgehead atoms. The van der Waals surface area contributed by atoms with Gasteiger partial charge in [0.15, 0.2) is 5.36 Å². The van der Waals surface area contributed by atoms with Crippen LogP contribution in [-0.4, -0.2) is 33.1 Å². The van der Waals surface area contributed by atoms with Crippen molar-refractivity contribution in [3.8, 4) is 39.9 Å². The Balaban J connectivity index is 1.78. The fourth-order valence-corrected chi connectivity index (χ4v) is 4.23. The highest BCUT2D eigenvalue weighted by atomic mass is 16.5. The van der Waals surface area contributed by atoms with Crippen LogP contribution in [-0.2, 0) is 0 Å². The van der Waals surface area contributed by atoms with Crippen molar-refractivity contribution in [3.05, 3.63) is 109 Å². The Labute approximate surface area is 238 Å². The van der Waals surface area contributed by atoms with Crippen LogP contribution in [0.5, 0.6) is 23.0 Å². The van der Waals surface area contributed by atoms with Crippen LogP contribution in [0.1, 0.15) is 0 Å². The molecule has 9 heteroatoms. The molecule has 0 aliphatic rings. The van der Waals surface area contributed by atoms with Crippen LogP contribution in [0.15, 0.2) is 118 Å². The Morgan fingerprint density at radius 2 is 1.27 bits per heavy atom. The molecule has 9 nitrogen and oxygen atoms in total. The molecule has 0 saturated carbocycles. The van der Waals surface area contributed by atoms with Crippen LogP contribution in [0, 0.1) is 0 Å². The molecule has 4 aromatic carbocycles. The summed E-state index contributed by atoms with van der Waals surface area (Å²) >= 11 is 0. The molecule has 0 aliphatic carbocycles. The van der Waals surface area contributed by atoms with Crippen molar-refractivity contribution < 1.29 is 24.0 Å². The van der Waals surface area contributed by atoms with Crippen molar-refractivity contribution in [3.63, 3.8) is 0 Å². The van der Waals surface area contributed by atoms with Gasteiger partial charge in [-0.1, -0.05) is 30.3 Å². The highest BCUT2D eigenvalue weighted by Crippen LogP contribution is 2.33. The van der Waals surface area contributed by atoms with Gasteiger partial charge in [-0.05, 0) is 60.7 Å². The van der Waals surface area contributed by atoms with E-state index in [-0.39, 0.29) is 0 Å². The normalized spacial score (nSPS) is 11.5. The highest BCUT2D eigenvalue weighted by molar-refractivity contribution is 5.73. The summed E-state index contributed by atoms with van der Waals surface area (Å²) in [7, 11) is 6.48. The minimum absolute atomic E-state index is 0.555. The number of nitrogens with zero attached hydrogens (tertiary/aromatic N) is 4. The summed E-state index contributed by atoms with van der Waals surface area (Å²) in [6.07, 6.45) is 1.79. The number of hydrogen-bond acceptors (Lipinski definition) is 7. The Hall–Kier alpha value is -5.44. The molecule has 0 saturated heterocycles. The van der Waals surface area contributed by atoms with E-state index in [0.29, 0.717) is 33.9 Å². The zero-order valence-electron chi connectivity index (χ0n) is 23.2. The maximum Gasteiger partial charge on any atom is 0.219 e. The summed E-state index contributed by atoms with van der Waals surface area (Å²) in [6.45, 7) is 0. The summed E-state index contributed by atoms with van der Waals surface area (Å²) in [4.78, 5) is 4.96. The van der Waals surface area contributed by atoms with E-state index < -0.39 is 0 Å². The quantitative estimate of drug-likeness (QED) is 0.193. The summed E-state index contributed by atoms with van der Waals surface area (Å²) in [5.74, 6) is 2.73. The minimum Gasteiger partial charge on any atom is -0.497 e. The van der Waals surface area contributed by atoms with Crippen molar-refractivity contribution in [2.75, 3.05) is 28.4 Å². The monoisotopic (exact) mass is 548 g/mol. The number of aromatic amines is 1. The van der Waals surface area contributed by atoms with Crippen LogP contribution in [0.25, 0.3) is 16.9 Å². The second kappa shape index (κ2) is 12.6. The largest absolute Gasteiger partial charge is 0.497 e. The predicted molar refractivity (Wildman–Crippen MR) is 156 cm³/mol. The molecule has 1 heterocycles. The molecule has 206 valence electrons. The average Bonchev–Trinajstić information content (AvgIpc) is 3.04. The van der Waals surface area contributed by atoms with Crippen LogP contribution in [0.2, 0.25) is 0 Å². The molecular weight excluding hydrogens is 518 g/mol. The highest BCUT2D eigenvalue weighted by Gasteiger charge is 2.20. The van der Waals surface area contributed by atoms with Gasteiger partial charge in [-0.25, -0.2) is 4.99 Å². The fourth-order valence-electron chi connectivity index (χ4n) is 4.23. The van der Waals surface area contributed by atoms with E-state index in [2.05, 4.69) is 10.2 Å². The Morgan fingerprint density at radius 3 is 1.90 bits per heavy atom. The number of nitrogens with one attached hydrogen (secondary N) is 1. The van der Waals surface area contributed by atoms with Gasteiger partial charge in [-0.2, -0.15) is 5.11 Å². The summed E-state index contributed by atoms with van der Waals surface area (Å²) < 4.78 is 23.6. The Kier molecular flexibility index (Phi) is 8.35. The number of methoxy groups -OCH3 is 4. The van der Waals surface area contributed by atoms with Crippen LogP contribution < -0.4 is 29.4 Å². The van der Waals surface area contributed by atoms with Gasteiger partial charge in [0.2, 0.25) is 6.20 Å². The summed E-state index contributed by atoms with van der Waals surface area (Å²) in [5, 5.41) is 13.3. The molecule has 0 aliphatic heterocycles. The number of ether oxygens (including phenoxy) is 4. The van der Waals surface area contributed by atoms with E-state index >= 15 is 0 Å². The van der Waals surface area contributed by atoms with E-state index in [9.17, 15) is 0 Å². The lowest BCUT2D eigenvalue weighted by Gasteiger charge is -2.12. The number of H-pyrrole nitrogens is 1. The van der Waals surface area contributed by atoms with E-state index in [0.717, 1.165) is 28.4 Å². The topological polar surface area (TPSA) is 93.1 Å². The first-order valence-corrected chi connectivity index (χ1v) is 12.8. The van der Waals surface area contributed by atoms with E-state index in [1.807, 2.05) is 95.7 Å². The molecule has 5 aromatic rings. The molecule has 5 rings (SSSR count). The molecule has 1 N–H and O–H groups in total. The summed E-state index contributed by atoms with van der Waals surface area (Å²) in [5.41, 5.74) is 4.40. The molecule has 0 radical (unpaired) electrons. The fraction of sp³-hybridized carbons (Fsp3) is 0.125. The van der Waals surface area contributed by atoms with Gasteiger partial charge in [0.1, 0.15) is 45.8 Å². The first-order valence-electron chi connectivity index (χ1n) is 12.8. The zero-order valence-corrected chi connectivity index (χ0v) is 23.2. The molecule has 0 unspecified atom stereocenters. The molecule has 0 atom stereocenters. The first-order chi connectivity index (χ1) is 20.1. The third-order valence-corrected chi connectivity index (χ3v) is 6.36. The number of benzene rings is 4. The van der Waals surface area contributed by atoms with Gasteiger partial charge < -0.3 is 18.9 Å². The molecule has 0 amide bonds. The van der Waals surface area contributed by atoms with Crippen molar-refractivity contribution in [2.45, 2.75) is 0 Å². The maximum absolute atomic E-state index is 5.61. The third-order valence-electron chi connectivity index (χ3n) is 6.36. The standard InChI is InChI=1S/C32H29N5O4/c1-38-25-14-10-23(11-15-25)35-36-31-29(34-28-19-18-27(40-3)20-30(28)41-4)21-33-37(24-12-16-26(39-2)17-13-24)32(31)22-8-6-5-7-9-22/h5-21H,1-4H3/p+1. The zero-order chi connectivity index (χ0) is 28.6. The van der Waals surface area contributed by atoms with Gasteiger partial charge in [-0.3, -0.25) is 0 Å². The summed E-state index contributed by atoms with van der Waals surface area (Å²) in [6, 6.07) is 30.6. The van der Waals surface area contributed by atoms with E-state index in [1.165, 1.54) is 0 Å². The van der Waals surface area contributed by atoms with Gasteiger partial charge in [0.25, 0.3) is 0 Å². The third kappa shape index (κ3) is 6.09. The van der Waals surface area contributed by atoms with Crippen molar-refractivity contribution in [1.82, 2.24) is 4.68 Å². The second-order valence-corrected chi connectivity index (χ2v) is 8.80. The van der Waals surface area contributed by atoms with E-state index in [1.54, 1.807) is 40.7 Å². The lowest BCUT2D eigenvalue weighted by molar-refractivity contribution is -0.479. The van der Waals surface area contributed by atoms with E-state index in [4.69, 9.17) is 29.1 Å².